The molecule has 0 aliphatic heterocycles. The van der Waals surface area contributed by atoms with Gasteiger partial charge in [0.2, 0.25) is 0 Å². The average Bonchev–Trinajstić information content (AvgIpc) is 1.83. The Balaban J connectivity index is 3.06. The van der Waals surface area contributed by atoms with Crippen LogP contribution in [0, 0.1) is 0 Å². The highest BCUT2D eigenvalue weighted by molar-refractivity contribution is 4.52. The summed E-state index contributed by atoms with van der Waals surface area (Å²) in [7, 11) is 3.55. The lowest BCUT2D eigenvalue weighted by Crippen LogP contribution is -2.25. The third-order valence-corrected chi connectivity index (χ3v) is 1.21. The van der Waals surface area contributed by atoms with E-state index in [1.54, 1.807) is 12.2 Å². The third-order valence-electron chi connectivity index (χ3n) is 1.21. The smallest absolute Gasteiger partial charge is 0.0575 e. The number of hydrogen-bond donors (Lipinski definition) is 1. The van der Waals surface area contributed by atoms with Gasteiger partial charge in [0.05, 0.1) is 7.11 Å². The molecule has 0 aromatic rings. The van der Waals surface area contributed by atoms with Crippen molar-refractivity contribution >= 4 is 0 Å². The fourth-order valence-corrected chi connectivity index (χ4v) is 0.477. The first-order valence-electron chi connectivity index (χ1n) is 3.17. The van der Waals surface area contributed by atoms with Gasteiger partial charge < -0.3 is 10.6 Å². The zero-order valence-corrected chi connectivity index (χ0v) is 6.42. The highest BCUT2D eigenvalue weighted by Gasteiger charge is 1.96. The molecule has 0 saturated heterocycles. The van der Waals surface area contributed by atoms with Crippen LogP contribution in [-0.2, 0) is 4.84 Å². The minimum atomic E-state index is 0.266. The predicted octanol–water partition coefficient (Wildman–Crippen LogP) is 0.217. The molecule has 0 saturated carbocycles. The summed E-state index contributed by atoms with van der Waals surface area (Å²) in [5.41, 5.74) is 5.51. The van der Waals surface area contributed by atoms with Crippen LogP contribution in [0.25, 0.3) is 0 Å². The SMILES string of the molecule is CON(C)CCC(C)N. The van der Waals surface area contributed by atoms with E-state index in [0.29, 0.717) is 0 Å². The number of hydrogen-bond acceptors (Lipinski definition) is 3. The van der Waals surface area contributed by atoms with Crippen molar-refractivity contribution in [1.82, 2.24) is 5.06 Å². The average molecular weight is 132 g/mol. The summed E-state index contributed by atoms with van der Waals surface area (Å²) in [5, 5.41) is 1.77. The Labute approximate surface area is 56.7 Å². The monoisotopic (exact) mass is 132 g/mol. The van der Waals surface area contributed by atoms with Gasteiger partial charge in [0, 0.05) is 19.6 Å². The minimum absolute atomic E-state index is 0.266. The molecular weight excluding hydrogens is 116 g/mol. The molecule has 0 bridgehead atoms. The lowest BCUT2D eigenvalue weighted by atomic mass is 10.2. The molecule has 2 N–H and O–H groups in total. The quantitative estimate of drug-likeness (QED) is 0.556. The second-order valence-corrected chi connectivity index (χ2v) is 2.30. The molecule has 0 rings (SSSR count). The van der Waals surface area contributed by atoms with Crippen molar-refractivity contribution in [2.45, 2.75) is 19.4 Å². The van der Waals surface area contributed by atoms with Crippen LogP contribution in [0.15, 0.2) is 0 Å². The number of nitrogens with zero attached hydrogens (tertiary/aromatic N) is 1. The zero-order valence-electron chi connectivity index (χ0n) is 6.42. The molecule has 0 heterocycles. The van der Waals surface area contributed by atoms with E-state index >= 15 is 0 Å². The molecule has 3 nitrogen and oxygen atoms in total. The van der Waals surface area contributed by atoms with E-state index in [2.05, 4.69) is 0 Å². The van der Waals surface area contributed by atoms with Crippen molar-refractivity contribution in [3.8, 4) is 0 Å². The predicted molar refractivity (Wildman–Crippen MR) is 37.9 cm³/mol. The van der Waals surface area contributed by atoms with Crippen LogP contribution in [0.5, 0.6) is 0 Å². The van der Waals surface area contributed by atoms with Gasteiger partial charge in [-0.1, -0.05) is 0 Å². The van der Waals surface area contributed by atoms with Crippen molar-refractivity contribution < 1.29 is 4.84 Å². The highest BCUT2D eigenvalue weighted by atomic mass is 16.7. The minimum Gasteiger partial charge on any atom is -0.328 e. The van der Waals surface area contributed by atoms with Crippen molar-refractivity contribution in [3.63, 3.8) is 0 Å². The lowest BCUT2D eigenvalue weighted by Gasteiger charge is -2.13. The van der Waals surface area contributed by atoms with Crippen molar-refractivity contribution in [3.05, 3.63) is 0 Å². The molecule has 0 aromatic heterocycles. The van der Waals surface area contributed by atoms with Crippen LogP contribution in [0.4, 0.5) is 0 Å². The van der Waals surface area contributed by atoms with Gasteiger partial charge in [-0.25, -0.2) is 0 Å². The van der Waals surface area contributed by atoms with Crippen molar-refractivity contribution in [2.75, 3.05) is 20.7 Å². The standard InChI is InChI=1S/C6H16N2O/c1-6(7)4-5-8(2)9-3/h6H,4-5,7H2,1-3H3. The van der Waals surface area contributed by atoms with Gasteiger partial charge in [-0.05, 0) is 13.3 Å². The van der Waals surface area contributed by atoms with E-state index in [0.717, 1.165) is 13.0 Å². The van der Waals surface area contributed by atoms with E-state index in [9.17, 15) is 0 Å². The van der Waals surface area contributed by atoms with E-state index in [1.165, 1.54) is 0 Å². The molecule has 9 heavy (non-hydrogen) atoms. The van der Waals surface area contributed by atoms with Crippen molar-refractivity contribution in [2.24, 2.45) is 5.73 Å². The number of hydroxylamine groups is 2. The maximum Gasteiger partial charge on any atom is 0.0575 e. The summed E-state index contributed by atoms with van der Waals surface area (Å²) >= 11 is 0. The molecule has 0 amide bonds. The fourth-order valence-electron chi connectivity index (χ4n) is 0.477. The second-order valence-electron chi connectivity index (χ2n) is 2.30. The van der Waals surface area contributed by atoms with E-state index < -0.39 is 0 Å². The normalized spacial score (nSPS) is 14.3. The van der Waals surface area contributed by atoms with Crippen LogP contribution in [0.1, 0.15) is 13.3 Å². The topological polar surface area (TPSA) is 38.5 Å². The van der Waals surface area contributed by atoms with Gasteiger partial charge in [0.25, 0.3) is 0 Å². The van der Waals surface area contributed by atoms with Gasteiger partial charge in [0.15, 0.2) is 0 Å². The van der Waals surface area contributed by atoms with Crippen LogP contribution >= 0.6 is 0 Å². The van der Waals surface area contributed by atoms with Gasteiger partial charge in [-0.2, -0.15) is 5.06 Å². The van der Waals surface area contributed by atoms with E-state index in [1.807, 2.05) is 14.0 Å². The first kappa shape index (κ1) is 8.88. The molecule has 0 aliphatic rings. The molecule has 0 aromatic carbocycles. The lowest BCUT2D eigenvalue weighted by molar-refractivity contribution is -0.109. The van der Waals surface area contributed by atoms with Crippen LogP contribution in [0.3, 0.4) is 0 Å². The van der Waals surface area contributed by atoms with Crippen LogP contribution in [-0.4, -0.2) is 31.8 Å². The first-order chi connectivity index (χ1) is 4.16. The Bertz CT molecular complexity index is 66.1. The Hall–Kier alpha value is -0.120. The molecular formula is C6H16N2O. The second kappa shape index (κ2) is 4.73. The molecule has 3 heteroatoms. The molecule has 0 radical (unpaired) electrons. The Morgan fingerprint density at radius 1 is 1.67 bits per heavy atom. The number of nitrogens with two attached hydrogens (primary N) is 1. The van der Waals surface area contributed by atoms with Gasteiger partial charge >= 0.3 is 0 Å². The number of rotatable bonds is 4. The van der Waals surface area contributed by atoms with Crippen molar-refractivity contribution in [1.29, 1.82) is 0 Å². The van der Waals surface area contributed by atoms with E-state index in [-0.39, 0.29) is 6.04 Å². The third kappa shape index (κ3) is 5.76. The highest BCUT2D eigenvalue weighted by Crippen LogP contribution is 1.89. The Morgan fingerprint density at radius 2 is 2.22 bits per heavy atom. The first-order valence-corrected chi connectivity index (χ1v) is 3.17. The summed E-state index contributed by atoms with van der Waals surface area (Å²) in [6, 6.07) is 0.266. The maximum absolute atomic E-state index is 5.51. The van der Waals surface area contributed by atoms with Crippen LogP contribution in [0.2, 0.25) is 0 Å². The molecule has 0 fully saturated rings. The summed E-state index contributed by atoms with van der Waals surface area (Å²) in [6.07, 6.45) is 0.977. The summed E-state index contributed by atoms with van der Waals surface area (Å²) in [4.78, 5) is 4.88. The molecule has 1 atom stereocenters. The van der Waals surface area contributed by atoms with Gasteiger partial charge in [0.1, 0.15) is 0 Å². The zero-order chi connectivity index (χ0) is 7.28. The summed E-state index contributed by atoms with van der Waals surface area (Å²) in [6.45, 7) is 2.89. The Morgan fingerprint density at radius 3 is 2.56 bits per heavy atom. The molecule has 0 aliphatic carbocycles. The fraction of sp³-hybridized carbons (Fsp3) is 1.00. The van der Waals surface area contributed by atoms with Gasteiger partial charge in [-0.3, -0.25) is 0 Å². The summed E-state index contributed by atoms with van der Waals surface area (Å²) < 4.78 is 0. The molecule has 0 spiro atoms. The van der Waals surface area contributed by atoms with Gasteiger partial charge in [-0.15, -0.1) is 0 Å². The van der Waals surface area contributed by atoms with E-state index in [4.69, 9.17) is 10.6 Å². The Kier molecular flexibility index (Phi) is 4.67. The molecule has 1 unspecified atom stereocenters. The van der Waals surface area contributed by atoms with Crippen LogP contribution < -0.4 is 5.73 Å². The summed E-state index contributed by atoms with van der Waals surface area (Å²) in [5.74, 6) is 0. The maximum atomic E-state index is 5.51. The largest absolute Gasteiger partial charge is 0.328 e. The molecule has 56 valence electrons.